The van der Waals surface area contributed by atoms with Crippen molar-refractivity contribution in [1.82, 2.24) is 4.90 Å². The van der Waals surface area contributed by atoms with E-state index in [1.54, 1.807) is 6.07 Å². The molecule has 0 radical (unpaired) electrons. The number of benzene rings is 1. The Hall–Kier alpha value is -0.980. The van der Waals surface area contributed by atoms with Gasteiger partial charge in [-0.25, -0.2) is 0 Å². The molecule has 0 spiro atoms. The molecule has 1 aliphatic heterocycles. The van der Waals surface area contributed by atoms with Crippen molar-refractivity contribution < 1.29 is 4.92 Å². The standard InChI is InChI=1S/C11H14BrN3O2/c1-14-5-4-9(13)11(14)8-3-2-7(12)6-10(8)15(16)17/h2-3,6,9,11H,4-5,13H2,1H3. The summed E-state index contributed by atoms with van der Waals surface area (Å²) in [6, 6.07) is 5.03. The molecule has 1 aromatic rings. The van der Waals surface area contributed by atoms with Crippen LogP contribution < -0.4 is 5.73 Å². The van der Waals surface area contributed by atoms with Gasteiger partial charge in [0.1, 0.15) is 0 Å². The third kappa shape index (κ3) is 2.34. The number of nitrogens with two attached hydrogens (primary N) is 1. The fourth-order valence-electron chi connectivity index (χ4n) is 2.37. The minimum absolute atomic E-state index is 0.0418. The van der Waals surface area contributed by atoms with Crippen LogP contribution in [0.1, 0.15) is 18.0 Å². The van der Waals surface area contributed by atoms with Gasteiger partial charge < -0.3 is 5.73 Å². The molecule has 2 N–H and O–H groups in total. The van der Waals surface area contributed by atoms with Crippen LogP contribution in [-0.2, 0) is 0 Å². The Labute approximate surface area is 108 Å². The van der Waals surface area contributed by atoms with E-state index in [4.69, 9.17) is 5.73 Å². The maximum atomic E-state index is 11.1. The fourth-order valence-corrected chi connectivity index (χ4v) is 2.72. The minimum Gasteiger partial charge on any atom is -0.326 e. The van der Waals surface area contributed by atoms with E-state index >= 15 is 0 Å². The van der Waals surface area contributed by atoms with Crippen LogP contribution in [0.3, 0.4) is 0 Å². The molecule has 1 aliphatic rings. The SMILES string of the molecule is CN1CCC(N)C1c1ccc(Br)cc1[N+](=O)[O-]. The number of halogens is 1. The Kier molecular flexibility index (Phi) is 3.46. The normalized spacial score (nSPS) is 25.1. The van der Waals surface area contributed by atoms with Crippen molar-refractivity contribution in [2.24, 2.45) is 5.73 Å². The molecular formula is C11H14BrN3O2. The van der Waals surface area contributed by atoms with Gasteiger partial charge in [0.2, 0.25) is 0 Å². The highest BCUT2D eigenvalue weighted by Crippen LogP contribution is 2.36. The highest BCUT2D eigenvalue weighted by molar-refractivity contribution is 9.10. The van der Waals surface area contributed by atoms with Crippen LogP contribution in [0, 0.1) is 10.1 Å². The van der Waals surface area contributed by atoms with Gasteiger partial charge in [-0.05, 0) is 25.6 Å². The molecule has 2 unspecified atom stereocenters. The van der Waals surface area contributed by atoms with E-state index in [0.717, 1.165) is 13.0 Å². The van der Waals surface area contributed by atoms with Crippen LogP contribution >= 0.6 is 15.9 Å². The topological polar surface area (TPSA) is 72.4 Å². The molecule has 6 heteroatoms. The van der Waals surface area contributed by atoms with Crippen molar-refractivity contribution >= 4 is 21.6 Å². The fraction of sp³-hybridized carbons (Fsp3) is 0.455. The van der Waals surface area contributed by atoms with Crippen molar-refractivity contribution in [1.29, 1.82) is 0 Å². The number of likely N-dealkylation sites (tertiary alicyclic amines) is 1. The second-order valence-corrected chi connectivity index (χ2v) is 5.25. The summed E-state index contributed by atoms with van der Waals surface area (Å²) < 4.78 is 0.710. The number of nitro groups is 1. The highest BCUT2D eigenvalue weighted by atomic mass is 79.9. The first kappa shape index (κ1) is 12.5. The van der Waals surface area contributed by atoms with E-state index in [-0.39, 0.29) is 22.7 Å². The zero-order chi connectivity index (χ0) is 12.6. The first-order valence-electron chi connectivity index (χ1n) is 5.40. The number of hydrogen-bond acceptors (Lipinski definition) is 4. The van der Waals surface area contributed by atoms with Crippen LogP contribution in [-0.4, -0.2) is 29.5 Å². The third-order valence-corrected chi connectivity index (χ3v) is 3.70. The molecule has 2 atom stereocenters. The van der Waals surface area contributed by atoms with Gasteiger partial charge in [0.25, 0.3) is 5.69 Å². The Morgan fingerprint density at radius 1 is 1.59 bits per heavy atom. The van der Waals surface area contributed by atoms with Crippen LogP contribution in [0.5, 0.6) is 0 Å². The minimum atomic E-state index is -0.348. The van der Waals surface area contributed by atoms with Crippen LogP contribution in [0.2, 0.25) is 0 Å². The highest BCUT2D eigenvalue weighted by Gasteiger charge is 2.34. The molecule has 17 heavy (non-hydrogen) atoms. The maximum Gasteiger partial charge on any atom is 0.275 e. The van der Waals surface area contributed by atoms with E-state index in [9.17, 15) is 10.1 Å². The van der Waals surface area contributed by atoms with Gasteiger partial charge in [-0.3, -0.25) is 15.0 Å². The predicted molar refractivity (Wildman–Crippen MR) is 68.8 cm³/mol. The Balaban J connectivity index is 2.47. The summed E-state index contributed by atoms with van der Waals surface area (Å²) in [6.07, 6.45) is 0.869. The summed E-state index contributed by atoms with van der Waals surface area (Å²) in [5.74, 6) is 0. The lowest BCUT2D eigenvalue weighted by molar-refractivity contribution is -0.386. The molecule has 1 heterocycles. The third-order valence-electron chi connectivity index (χ3n) is 3.20. The van der Waals surface area contributed by atoms with Crippen LogP contribution in [0.25, 0.3) is 0 Å². The van der Waals surface area contributed by atoms with Gasteiger partial charge >= 0.3 is 0 Å². The van der Waals surface area contributed by atoms with Gasteiger partial charge in [-0.2, -0.15) is 0 Å². The summed E-state index contributed by atoms with van der Waals surface area (Å²) in [4.78, 5) is 12.8. The van der Waals surface area contributed by atoms with Crippen LogP contribution in [0.4, 0.5) is 5.69 Å². The summed E-state index contributed by atoms with van der Waals surface area (Å²) in [6.45, 7) is 0.874. The zero-order valence-electron chi connectivity index (χ0n) is 9.47. The molecule has 0 aromatic heterocycles. The Bertz CT molecular complexity index is 442. The van der Waals surface area contributed by atoms with Crippen molar-refractivity contribution in [2.75, 3.05) is 13.6 Å². The average Bonchev–Trinajstić information content (AvgIpc) is 2.59. The van der Waals surface area contributed by atoms with Gasteiger partial charge in [-0.1, -0.05) is 15.9 Å². The van der Waals surface area contributed by atoms with E-state index in [2.05, 4.69) is 20.8 Å². The number of rotatable bonds is 2. The second kappa shape index (κ2) is 4.72. The van der Waals surface area contributed by atoms with Gasteiger partial charge in [0.15, 0.2) is 0 Å². The summed E-state index contributed by atoms with van der Waals surface area (Å²) in [5.41, 5.74) is 6.87. The van der Waals surface area contributed by atoms with E-state index in [1.807, 2.05) is 13.1 Å². The second-order valence-electron chi connectivity index (χ2n) is 4.34. The monoisotopic (exact) mass is 299 g/mol. The van der Waals surface area contributed by atoms with Crippen LogP contribution in [0.15, 0.2) is 22.7 Å². The van der Waals surface area contributed by atoms with Crippen molar-refractivity contribution in [3.8, 4) is 0 Å². The lowest BCUT2D eigenvalue weighted by atomic mass is 9.99. The van der Waals surface area contributed by atoms with Crippen molar-refractivity contribution in [3.05, 3.63) is 38.3 Å². The van der Waals surface area contributed by atoms with Crippen molar-refractivity contribution in [2.45, 2.75) is 18.5 Å². The number of nitrogens with zero attached hydrogens (tertiary/aromatic N) is 2. The molecule has 5 nitrogen and oxygen atoms in total. The number of likely N-dealkylation sites (N-methyl/N-ethyl adjacent to an activating group) is 1. The molecule has 0 bridgehead atoms. The molecule has 0 amide bonds. The Morgan fingerprint density at radius 3 is 2.82 bits per heavy atom. The molecule has 2 rings (SSSR count). The van der Waals surface area contributed by atoms with Gasteiger partial charge in [-0.15, -0.1) is 0 Å². The summed E-state index contributed by atoms with van der Waals surface area (Å²) in [7, 11) is 1.95. The lowest BCUT2D eigenvalue weighted by Crippen LogP contribution is -2.30. The molecule has 1 fully saturated rings. The van der Waals surface area contributed by atoms with Crippen molar-refractivity contribution in [3.63, 3.8) is 0 Å². The largest absolute Gasteiger partial charge is 0.326 e. The quantitative estimate of drug-likeness (QED) is 0.670. The molecule has 1 aromatic carbocycles. The zero-order valence-corrected chi connectivity index (χ0v) is 11.1. The Morgan fingerprint density at radius 2 is 2.29 bits per heavy atom. The molecule has 0 aliphatic carbocycles. The number of nitro benzene ring substituents is 1. The lowest BCUT2D eigenvalue weighted by Gasteiger charge is -2.22. The predicted octanol–water partition coefficient (Wildman–Crippen LogP) is 2.06. The molecular weight excluding hydrogens is 286 g/mol. The van der Waals surface area contributed by atoms with Gasteiger partial charge in [0, 0.05) is 28.7 Å². The average molecular weight is 300 g/mol. The summed E-state index contributed by atoms with van der Waals surface area (Å²) >= 11 is 3.25. The first-order valence-corrected chi connectivity index (χ1v) is 6.19. The van der Waals surface area contributed by atoms with Gasteiger partial charge in [0.05, 0.1) is 11.0 Å². The first-order chi connectivity index (χ1) is 8.00. The van der Waals surface area contributed by atoms with E-state index < -0.39 is 0 Å². The molecule has 0 saturated carbocycles. The maximum absolute atomic E-state index is 11.1. The molecule has 1 saturated heterocycles. The molecule has 92 valence electrons. The number of hydrogen-bond donors (Lipinski definition) is 1. The smallest absolute Gasteiger partial charge is 0.275 e. The summed E-state index contributed by atoms with van der Waals surface area (Å²) in [5, 5.41) is 11.1. The van der Waals surface area contributed by atoms with E-state index in [0.29, 0.717) is 10.0 Å². The van der Waals surface area contributed by atoms with E-state index in [1.165, 1.54) is 6.07 Å².